The summed E-state index contributed by atoms with van der Waals surface area (Å²) in [5.74, 6) is 0.585. The Balaban J connectivity index is 1.80. The van der Waals surface area contributed by atoms with Crippen molar-refractivity contribution < 1.29 is 19.7 Å². The van der Waals surface area contributed by atoms with Crippen LogP contribution in [-0.2, 0) is 6.61 Å². The van der Waals surface area contributed by atoms with Crippen LogP contribution in [0.5, 0.6) is 5.88 Å². The fourth-order valence-electron chi connectivity index (χ4n) is 2.95. The Morgan fingerprint density at radius 1 is 1.32 bits per heavy atom. The summed E-state index contributed by atoms with van der Waals surface area (Å²) in [4.78, 5) is 16.7. The van der Waals surface area contributed by atoms with Crippen molar-refractivity contribution in [3.05, 3.63) is 47.7 Å². The Morgan fingerprint density at radius 3 is 2.71 bits per heavy atom. The Labute approximate surface area is 161 Å². The number of H-pyrrole nitrogens is 1. The van der Waals surface area contributed by atoms with Crippen molar-refractivity contribution in [2.24, 2.45) is 0 Å². The summed E-state index contributed by atoms with van der Waals surface area (Å²) in [6, 6.07) is 9.66. The van der Waals surface area contributed by atoms with E-state index in [9.17, 15) is 15.0 Å². The molecule has 2 amide bonds. The van der Waals surface area contributed by atoms with Crippen molar-refractivity contribution in [3.8, 4) is 5.88 Å². The van der Waals surface area contributed by atoms with Gasteiger partial charge in [-0.05, 0) is 19.4 Å². The minimum Gasteiger partial charge on any atom is -0.476 e. The number of anilines is 1. The molecule has 0 aliphatic heterocycles. The normalized spacial score (nSPS) is 13.1. The number of hydrogen-bond donors (Lipinski definition) is 5. The van der Waals surface area contributed by atoms with E-state index in [1.165, 1.54) is 0 Å². The number of carbonyl (C=O) groups excluding carboxylic acids is 1. The molecule has 0 unspecified atom stereocenters. The molecule has 0 bridgehead atoms. The molecule has 148 valence electrons. The maximum absolute atomic E-state index is 12.5. The number of pyridine rings is 1. The van der Waals surface area contributed by atoms with E-state index in [4.69, 9.17) is 4.74 Å². The van der Waals surface area contributed by atoms with E-state index in [-0.39, 0.29) is 12.4 Å². The van der Waals surface area contributed by atoms with Crippen LogP contribution in [0.15, 0.2) is 36.4 Å². The number of aromatic nitrogens is 3. The summed E-state index contributed by atoms with van der Waals surface area (Å²) in [5, 5.41) is 32.5. The molecule has 9 nitrogen and oxygen atoms in total. The number of nitrogens with one attached hydrogen (secondary N) is 3. The number of aromatic amines is 1. The zero-order chi connectivity index (χ0) is 20.1. The highest BCUT2D eigenvalue weighted by Crippen LogP contribution is 2.28. The molecular formula is C19H23N5O4. The molecule has 1 aromatic carbocycles. The smallest absolute Gasteiger partial charge is 0.320 e. The number of carbonyl (C=O) groups is 1. The number of aliphatic hydroxyl groups excluding tert-OH is 2. The second-order valence-electron chi connectivity index (χ2n) is 6.22. The Morgan fingerprint density at radius 2 is 2.07 bits per heavy atom. The summed E-state index contributed by atoms with van der Waals surface area (Å²) >= 11 is 0. The molecule has 2 heterocycles. The quantitative estimate of drug-likeness (QED) is 0.423. The van der Waals surface area contributed by atoms with Crippen molar-refractivity contribution in [3.63, 3.8) is 0 Å². The van der Waals surface area contributed by atoms with Crippen LogP contribution < -0.4 is 15.4 Å². The van der Waals surface area contributed by atoms with Crippen molar-refractivity contribution >= 4 is 22.8 Å². The van der Waals surface area contributed by atoms with E-state index in [1.54, 1.807) is 13.0 Å². The number of ether oxygens (including phenoxy) is 1. The molecule has 5 N–H and O–H groups in total. The van der Waals surface area contributed by atoms with Crippen LogP contribution in [0.4, 0.5) is 10.6 Å². The van der Waals surface area contributed by atoms with Gasteiger partial charge in [0.05, 0.1) is 42.0 Å². The molecule has 0 spiro atoms. The molecule has 2 atom stereocenters. The monoisotopic (exact) mass is 385 g/mol. The highest BCUT2D eigenvalue weighted by Gasteiger charge is 2.21. The van der Waals surface area contributed by atoms with E-state index in [0.717, 1.165) is 5.56 Å². The molecule has 0 aliphatic rings. The molecule has 28 heavy (non-hydrogen) atoms. The summed E-state index contributed by atoms with van der Waals surface area (Å²) < 4.78 is 5.43. The summed E-state index contributed by atoms with van der Waals surface area (Å²) in [5.41, 5.74) is 1.69. The first-order chi connectivity index (χ1) is 13.5. The lowest BCUT2D eigenvalue weighted by molar-refractivity contribution is 0.148. The van der Waals surface area contributed by atoms with Gasteiger partial charge in [0, 0.05) is 6.07 Å². The van der Waals surface area contributed by atoms with Gasteiger partial charge in [0.2, 0.25) is 5.88 Å². The van der Waals surface area contributed by atoms with Crippen LogP contribution in [0.3, 0.4) is 0 Å². The van der Waals surface area contributed by atoms with E-state index < -0.39 is 18.2 Å². The van der Waals surface area contributed by atoms with Gasteiger partial charge >= 0.3 is 6.03 Å². The van der Waals surface area contributed by atoms with E-state index in [1.807, 2.05) is 37.3 Å². The first kappa shape index (κ1) is 19.6. The van der Waals surface area contributed by atoms with Gasteiger partial charge in [-0.3, -0.25) is 10.4 Å². The maximum atomic E-state index is 12.5. The SMILES string of the molecule is CCOc1n[nH]c2cc(NC(=O)N[C@@H](c3ccccc3)[C@@H](C)O)nc(CO)c12. The van der Waals surface area contributed by atoms with Crippen molar-refractivity contribution in [2.75, 3.05) is 11.9 Å². The molecule has 3 rings (SSSR count). The minimum atomic E-state index is -0.794. The van der Waals surface area contributed by atoms with E-state index in [2.05, 4.69) is 25.8 Å². The molecule has 0 radical (unpaired) electrons. The number of aliphatic hydroxyl groups is 2. The highest BCUT2D eigenvalue weighted by atomic mass is 16.5. The zero-order valence-corrected chi connectivity index (χ0v) is 15.6. The maximum Gasteiger partial charge on any atom is 0.320 e. The van der Waals surface area contributed by atoms with Gasteiger partial charge in [0.15, 0.2) is 0 Å². The zero-order valence-electron chi connectivity index (χ0n) is 15.6. The van der Waals surface area contributed by atoms with Gasteiger partial charge in [-0.2, -0.15) is 0 Å². The number of amides is 2. The Kier molecular flexibility index (Phi) is 6.07. The van der Waals surface area contributed by atoms with Gasteiger partial charge in [0.1, 0.15) is 5.82 Å². The van der Waals surface area contributed by atoms with E-state index >= 15 is 0 Å². The third-order valence-corrected chi connectivity index (χ3v) is 4.19. The number of hydrogen-bond acceptors (Lipinski definition) is 6. The third kappa shape index (κ3) is 4.21. The Hall–Kier alpha value is -3.17. The fourth-order valence-corrected chi connectivity index (χ4v) is 2.95. The number of urea groups is 1. The van der Waals surface area contributed by atoms with Crippen LogP contribution in [0, 0.1) is 0 Å². The Bertz CT molecular complexity index is 942. The lowest BCUT2D eigenvalue weighted by Crippen LogP contribution is -2.38. The van der Waals surface area contributed by atoms with Crippen LogP contribution in [0.25, 0.3) is 10.9 Å². The highest BCUT2D eigenvalue weighted by molar-refractivity contribution is 5.93. The average Bonchev–Trinajstić information content (AvgIpc) is 3.09. The van der Waals surface area contributed by atoms with Crippen molar-refractivity contribution in [1.29, 1.82) is 0 Å². The molecule has 2 aromatic heterocycles. The standard InChI is InChI=1S/C19H23N5O4/c1-3-28-18-16-13(23-24-18)9-15(20-14(16)10-25)21-19(27)22-17(11(2)26)12-7-5-4-6-8-12/h4-9,11,17,25-26H,3,10H2,1-2H3,(H,23,24)(H2,20,21,22,27)/t11-,17-/m1/s1. The molecule has 0 saturated heterocycles. The minimum absolute atomic E-state index is 0.234. The lowest BCUT2D eigenvalue weighted by atomic mass is 10.0. The van der Waals surface area contributed by atoms with Crippen LogP contribution in [-0.4, -0.2) is 44.1 Å². The molecule has 0 aliphatic carbocycles. The second kappa shape index (κ2) is 8.68. The fraction of sp³-hybridized carbons (Fsp3) is 0.316. The third-order valence-electron chi connectivity index (χ3n) is 4.19. The molecule has 0 fully saturated rings. The first-order valence-corrected chi connectivity index (χ1v) is 8.95. The number of nitrogens with zero attached hydrogens (tertiary/aromatic N) is 2. The van der Waals surface area contributed by atoms with Gasteiger partial charge in [0.25, 0.3) is 0 Å². The van der Waals surface area contributed by atoms with Gasteiger partial charge in [-0.1, -0.05) is 30.3 Å². The largest absolute Gasteiger partial charge is 0.476 e. The summed E-state index contributed by atoms with van der Waals surface area (Å²) in [6.07, 6.45) is -0.794. The predicted octanol–water partition coefficient (Wildman–Crippen LogP) is 2.09. The van der Waals surface area contributed by atoms with Crippen LogP contribution >= 0.6 is 0 Å². The van der Waals surface area contributed by atoms with E-state index in [0.29, 0.717) is 29.1 Å². The number of benzene rings is 1. The molecule has 3 aromatic rings. The van der Waals surface area contributed by atoms with Crippen LogP contribution in [0.1, 0.15) is 31.1 Å². The first-order valence-electron chi connectivity index (χ1n) is 8.95. The summed E-state index contributed by atoms with van der Waals surface area (Å²) in [7, 11) is 0. The lowest BCUT2D eigenvalue weighted by Gasteiger charge is -2.22. The van der Waals surface area contributed by atoms with Gasteiger partial charge in [-0.25, -0.2) is 9.78 Å². The molecule has 9 heteroatoms. The number of fused-ring (bicyclic) bond motifs is 1. The van der Waals surface area contributed by atoms with Gasteiger partial charge < -0.3 is 20.3 Å². The number of rotatable bonds is 7. The predicted molar refractivity (Wildman–Crippen MR) is 104 cm³/mol. The van der Waals surface area contributed by atoms with Crippen molar-refractivity contribution in [1.82, 2.24) is 20.5 Å². The van der Waals surface area contributed by atoms with Crippen molar-refractivity contribution in [2.45, 2.75) is 32.6 Å². The molecular weight excluding hydrogens is 362 g/mol. The average molecular weight is 385 g/mol. The van der Waals surface area contributed by atoms with Gasteiger partial charge in [-0.15, -0.1) is 5.10 Å². The topological polar surface area (TPSA) is 132 Å². The molecule has 0 saturated carbocycles. The van der Waals surface area contributed by atoms with Crippen LogP contribution in [0.2, 0.25) is 0 Å². The summed E-state index contributed by atoms with van der Waals surface area (Å²) in [6.45, 7) is 3.52. The second-order valence-corrected chi connectivity index (χ2v) is 6.22.